The predicted molar refractivity (Wildman–Crippen MR) is 112 cm³/mol. The van der Waals surface area contributed by atoms with Gasteiger partial charge in [-0.1, -0.05) is 0 Å². The number of carbonyl (C=O) groups is 2. The summed E-state index contributed by atoms with van der Waals surface area (Å²) >= 11 is 0. The molecule has 2 amide bonds. The minimum atomic E-state index is -0.590. The topological polar surface area (TPSA) is 141 Å². The van der Waals surface area contributed by atoms with Crippen LogP contribution in [-0.2, 0) is 4.79 Å². The number of nitro benzene ring substituents is 1. The molecule has 0 aliphatic carbocycles. The van der Waals surface area contributed by atoms with E-state index >= 15 is 0 Å². The zero-order valence-electron chi connectivity index (χ0n) is 17.0. The largest absolute Gasteiger partial charge is 0.367 e. The Morgan fingerprint density at radius 3 is 2.87 bits per heavy atom. The van der Waals surface area contributed by atoms with Gasteiger partial charge in [0.05, 0.1) is 10.5 Å². The van der Waals surface area contributed by atoms with Crippen molar-refractivity contribution in [3.05, 3.63) is 63.3 Å². The van der Waals surface area contributed by atoms with Crippen molar-refractivity contribution in [3.8, 4) is 6.07 Å². The van der Waals surface area contributed by atoms with E-state index in [-0.39, 0.29) is 17.5 Å². The molecule has 10 nitrogen and oxygen atoms in total. The Labute approximate surface area is 179 Å². The molecule has 0 bridgehead atoms. The van der Waals surface area contributed by atoms with Crippen LogP contribution in [0.2, 0.25) is 0 Å². The average molecular weight is 422 g/mol. The van der Waals surface area contributed by atoms with E-state index in [9.17, 15) is 19.7 Å². The number of nitro groups is 1. The van der Waals surface area contributed by atoms with E-state index in [0.29, 0.717) is 55.0 Å². The van der Waals surface area contributed by atoms with Gasteiger partial charge in [-0.3, -0.25) is 19.7 Å². The number of nitrogens with zero attached hydrogens (tertiary/aromatic N) is 4. The fourth-order valence-electron chi connectivity index (χ4n) is 3.56. The smallest absolute Gasteiger partial charge is 0.272 e. The van der Waals surface area contributed by atoms with Crippen molar-refractivity contribution in [3.63, 3.8) is 0 Å². The van der Waals surface area contributed by atoms with Crippen LogP contribution in [0.1, 0.15) is 34.3 Å². The van der Waals surface area contributed by atoms with Crippen molar-refractivity contribution < 1.29 is 14.5 Å². The van der Waals surface area contributed by atoms with E-state index in [0.717, 1.165) is 0 Å². The third kappa shape index (κ3) is 4.95. The summed E-state index contributed by atoms with van der Waals surface area (Å²) in [6, 6.07) is 8.99. The van der Waals surface area contributed by atoms with Crippen LogP contribution >= 0.6 is 0 Å². The van der Waals surface area contributed by atoms with Gasteiger partial charge in [0.25, 0.3) is 11.6 Å². The number of amides is 2. The maximum absolute atomic E-state index is 12.9. The SMILES string of the molecule is Cc1cc(C(=O)N2CCCC2C(=O)NCCNc2ncccc2C#N)ccc1[N+](=O)[O-]. The number of carbonyl (C=O) groups excluding carboxylic acids is 2. The van der Waals surface area contributed by atoms with Gasteiger partial charge in [0.2, 0.25) is 5.91 Å². The normalized spacial score (nSPS) is 15.2. The second kappa shape index (κ2) is 9.67. The number of anilines is 1. The predicted octanol–water partition coefficient (Wildman–Crippen LogP) is 2.00. The number of pyridine rings is 1. The van der Waals surface area contributed by atoms with Crippen molar-refractivity contribution in [2.24, 2.45) is 0 Å². The average Bonchev–Trinajstić information content (AvgIpc) is 3.26. The number of rotatable bonds is 7. The molecule has 1 unspecified atom stereocenters. The van der Waals surface area contributed by atoms with E-state index in [2.05, 4.69) is 15.6 Å². The lowest BCUT2D eigenvalue weighted by Crippen LogP contribution is -2.46. The van der Waals surface area contributed by atoms with Crippen molar-refractivity contribution in [2.75, 3.05) is 25.0 Å². The Kier molecular flexibility index (Phi) is 6.77. The van der Waals surface area contributed by atoms with E-state index in [1.165, 1.54) is 23.1 Å². The number of nitrogens with one attached hydrogen (secondary N) is 2. The molecule has 2 aromatic rings. The van der Waals surface area contributed by atoms with Gasteiger partial charge in [0, 0.05) is 43.0 Å². The number of hydrogen-bond acceptors (Lipinski definition) is 7. The quantitative estimate of drug-likeness (QED) is 0.395. The highest BCUT2D eigenvalue weighted by atomic mass is 16.6. The van der Waals surface area contributed by atoms with Gasteiger partial charge in [-0.15, -0.1) is 0 Å². The third-order valence-corrected chi connectivity index (χ3v) is 5.10. The van der Waals surface area contributed by atoms with Crippen molar-refractivity contribution in [2.45, 2.75) is 25.8 Å². The minimum Gasteiger partial charge on any atom is -0.367 e. The lowest BCUT2D eigenvalue weighted by molar-refractivity contribution is -0.385. The molecule has 2 N–H and O–H groups in total. The number of aromatic nitrogens is 1. The van der Waals surface area contributed by atoms with E-state index in [4.69, 9.17) is 5.26 Å². The highest BCUT2D eigenvalue weighted by Crippen LogP contribution is 2.24. The molecule has 1 aromatic carbocycles. The summed E-state index contributed by atoms with van der Waals surface area (Å²) in [6.07, 6.45) is 2.83. The van der Waals surface area contributed by atoms with Crippen molar-refractivity contribution in [1.82, 2.24) is 15.2 Å². The molecule has 10 heteroatoms. The second-order valence-electron chi connectivity index (χ2n) is 7.14. The van der Waals surface area contributed by atoms with Gasteiger partial charge in [0.1, 0.15) is 17.9 Å². The molecule has 160 valence electrons. The van der Waals surface area contributed by atoms with Crippen LogP contribution < -0.4 is 10.6 Å². The van der Waals surface area contributed by atoms with Gasteiger partial charge in [-0.2, -0.15) is 5.26 Å². The van der Waals surface area contributed by atoms with Crippen LogP contribution in [-0.4, -0.2) is 52.3 Å². The number of benzene rings is 1. The summed E-state index contributed by atoms with van der Waals surface area (Å²) in [5, 5.41) is 25.9. The molecule has 3 rings (SSSR count). The molecule has 31 heavy (non-hydrogen) atoms. The molecule has 1 atom stereocenters. The molecule has 1 aromatic heterocycles. The highest BCUT2D eigenvalue weighted by Gasteiger charge is 2.34. The summed E-state index contributed by atoms with van der Waals surface area (Å²) in [5.41, 5.74) is 1.09. The summed E-state index contributed by atoms with van der Waals surface area (Å²) in [4.78, 5) is 41.6. The first kappa shape index (κ1) is 21.7. The van der Waals surface area contributed by atoms with Crippen molar-refractivity contribution in [1.29, 1.82) is 5.26 Å². The number of likely N-dealkylation sites (tertiary alicyclic amines) is 1. The molecule has 0 spiro atoms. The van der Waals surface area contributed by atoms with E-state index in [1.807, 2.05) is 6.07 Å². The number of aryl methyl sites for hydroxylation is 1. The lowest BCUT2D eigenvalue weighted by atomic mass is 10.1. The zero-order chi connectivity index (χ0) is 22.4. The Morgan fingerprint density at radius 2 is 2.16 bits per heavy atom. The first-order chi connectivity index (χ1) is 14.9. The van der Waals surface area contributed by atoms with Crippen LogP contribution in [0.4, 0.5) is 11.5 Å². The molecular weight excluding hydrogens is 400 g/mol. The van der Waals surface area contributed by atoms with Crippen LogP contribution in [0, 0.1) is 28.4 Å². The molecule has 1 aliphatic heterocycles. The fraction of sp³-hybridized carbons (Fsp3) is 0.333. The third-order valence-electron chi connectivity index (χ3n) is 5.10. The van der Waals surface area contributed by atoms with Crippen LogP contribution in [0.15, 0.2) is 36.5 Å². The summed E-state index contributed by atoms with van der Waals surface area (Å²) in [7, 11) is 0. The fourth-order valence-corrected chi connectivity index (χ4v) is 3.56. The molecule has 1 fully saturated rings. The Hall–Kier alpha value is -4.00. The van der Waals surface area contributed by atoms with Crippen molar-refractivity contribution >= 4 is 23.3 Å². The van der Waals surface area contributed by atoms with Gasteiger partial charge < -0.3 is 15.5 Å². The van der Waals surface area contributed by atoms with Gasteiger partial charge in [-0.05, 0) is 44.0 Å². The second-order valence-corrected chi connectivity index (χ2v) is 7.14. The molecule has 0 radical (unpaired) electrons. The van der Waals surface area contributed by atoms with E-state index in [1.54, 1.807) is 25.3 Å². The molecular formula is C21H22N6O4. The number of hydrogen-bond donors (Lipinski definition) is 2. The molecule has 1 saturated heterocycles. The summed E-state index contributed by atoms with van der Waals surface area (Å²) in [5.74, 6) is -0.126. The van der Waals surface area contributed by atoms with Crippen LogP contribution in [0.3, 0.4) is 0 Å². The summed E-state index contributed by atoms with van der Waals surface area (Å²) in [6.45, 7) is 2.70. The van der Waals surface area contributed by atoms with Gasteiger partial charge in [-0.25, -0.2) is 4.98 Å². The first-order valence-corrected chi connectivity index (χ1v) is 9.85. The zero-order valence-corrected chi connectivity index (χ0v) is 17.0. The lowest BCUT2D eigenvalue weighted by Gasteiger charge is -2.24. The summed E-state index contributed by atoms with van der Waals surface area (Å²) < 4.78 is 0. The van der Waals surface area contributed by atoms with Crippen LogP contribution in [0.25, 0.3) is 0 Å². The van der Waals surface area contributed by atoms with Gasteiger partial charge >= 0.3 is 0 Å². The van der Waals surface area contributed by atoms with E-state index < -0.39 is 11.0 Å². The Bertz CT molecular complexity index is 1050. The Balaban J connectivity index is 1.57. The monoisotopic (exact) mass is 422 g/mol. The highest BCUT2D eigenvalue weighted by molar-refractivity contribution is 5.98. The first-order valence-electron chi connectivity index (χ1n) is 9.85. The Morgan fingerprint density at radius 1 is 1.35 bits per heavy atom. The molecule has 1 aliphatic rings. The number of nitriles is 1. The molecule has 0 saturated carbocycles. The standard InChI is InChI=1S/C21H22N6O4/c1-14-12-15(6-7-17(14)27(30)31)21(29)26-11-3-5-18(26)20(28)25-10-9-24-19-16(13-22)4-2-8-23-19/h2,4,6-8,12,18H,3,5,9-11H2,1H3,(H,23,24)(H,25,28). The maximum Gasteiger partial charge on any atom is 0.272 e. The van der Waals surface area contributed by atoms with Crippen LogP contribution in [0.5, 0.6) is 0 Å². The molecule has 2 heterocycles. The minimum absolute atomic E-state index is 0.0489. The maximum atomic E-state index is 12.9. The van der Waals surface area contributed by atoms with Gasteiger partial charge in [0.15, 0.2) is 0 Å².